The highest BCUT2D eigenvalue weighted by Gasteiger charge is 2.30. The van der Waals surface area contributed by atoms with Crippen molar-refractivity contribution >= 4 is 33.3 Å². The van der Waals surface area contributed by atoms with Crippen LogP contribution in [0.25, 0.3) is 10.2 Å². The molecule has 0 unspecified atom stereocenters. The van der Waals surface area contributed by atoms with Crippen molar-refractivity contribution in [2.45, 2.75) is 32.4 Å². The second kappa shape index (κ2) is 10.2. The molecule has 3 aromatic rings. The fraction of sp³-hybridized carbons (Fsp3) is 0.480. The smallest absolute Gasteiger partial charge is 0.264 e. The van der Waals surface area contributed by atoms with Gasteiger partial charge in [-0.3, -0.25) is 9.69 Å². The number of ether oxygens (including phenoxy) is 2. The molecular formula is C25H31N5O3S. The van der Waals surface area contributed by atoms with Crippen molar-refractivity contribution in [3.05, 3.63) is 46.6 Å². The number of hydrogen-bond acceptors (Lipinski definition) is 8. The SMILES string of the molecule is COc1cccc(CNc2ncnc3sc(C(=O)N4CCC(N5CCOCC5)CC4)c(C)c23)c1. The second-order valence-electron chi connectivity index (χ2n) is 8.84. The molecule has 2 aromatic heterocycles. The Balaban J connectivity index is 1.29. The van der Waals surface area contributed by atoms with Crippen molar-refractivity contribution in [1.29, 1.82) is 0 Å². The zero-order valence-corrected chi connectivity index (χ0v) is 20.6. The summed E-state index contributed by atoms with van der Waals surface area (Å²) in [7, 11) is 1.67. The first-order chi connectivity index (χ1) is 16.6. The maximum Gasteiger partial charge on any atom is 0.264 e. The van der Waals surface area contributed by atoms with Gasteiger partial charge in [0.25, 0.3) is 5.91 Å². The van der Waals surface area contributed by atoms with Gasteiger partial charge in [0.05, 0.1) is 30.6 Å². The van der Waals surface area contributed by atoms with E-state index in [4.69, 9.17) is 9.47 Å². The van der Waals surface area contributed by atoms with Crippen molar-refractivity contribution in [3.8, 4) is 5.75 Å². The molecule has 0 radical (unpaired) electrons. The van der Waals surface area contributed by atoms with Gasteiger partial charge < -0.3 is 19.7 Å². The van der Waals surface area contributed by atoms with Gasteiger partial charge in [-0.15, -0.1) is 11.3 Å². The van der Waals surface area contributed by atoms with Crippen molar-refractivity contribution in [1.82, 2.24) is 19.8 Å². The molecule has 2 saturated heterocycles. The number of aromatic nitrogens is 2. The number of hydrogen-bond donors (Lipinski definition) is 1. The molecular weight excluding hydrogens is 450 g/mol. The minimum atomic E-state index is 0.111. The molecule has 4 heterocycles. The number of fused-ring (bicyclic) bond motifs is 1. The molecule has 0 bridgehead atoms. The predicted molar refractivity (Wildman–Crippen MR) is 134 cm³/mol. The molecule has 9 heteroatoms. The van der Waals surface area contributed by atoms with Crippen molar-refractivity contribution in [3.63, 3.8) is 0 Å². The first kappa shape index (κ1) is 23.0. The highest BCUT2D eigenvalue weighted by atomic mass is 32.1. The van der Waals surface area contributed by atoms with E-state index in [1.807, 2.05) is 36.1 Å². The van der Waals surface area contributed by atoms with E-state index in [0.29, 0.717) is 12.6 Å². The monoisotopic (exact) mass is 481 g/mol. The number of thiophene rings is 1. The van der Waals surface area contributed by atoms with Crippen LogP contribution in [0.3, 0.4) is 0 Å². The summed E-state index contributed by atoms with van der Waals surface area (Å²) in [5.41, 5.74) is 2.05. The van der Waals surface area contributed by atoms with Crippen LogP contribution in [0.1, 0.15) is 33.6 Å². The molecule has 180 valence electrons. The number of benzene rings is 1. The average Bonchev–Trinajstić information content (AvgIpc) is 3.24. The Morgan fingerprint density at radius 2 is 2.00 bits per heavy atom. The summed E-state index contributed by atoms with van der Waals surface area (Å²) >= 11 is 1.47. The molecule has 0 spiro atoms. The Hall–Kier alpha value is -2.75. The number of nitrogens with one attached hydrogen (secondary N) is 1. The largest absolute Gasteiger partial charge is 0.497 e. The second-order valence-corrected chi connectivity index (χ2v) is 9.83. The third kappa shape index (κ3) is 4.73. The summed E-state index contributed by atoms with van der Waals surface area (Å²) < 4.78 is 10.8. The number of amides is 1. The first-order valence-corrected chi connectivity index (χ1v) is 12.7. The van der Waals surface area contributed by atoms with Crippen molar-refractivity contribution < 1.29 is 14.3 Å². The first-order valence-electron chi connectivity index (χ1n) is 11.9. The summed E-state index contributed by atoms with van der Waals surface area (Å²) in [5, 5.41) is 4.36. The van der Waals surface area contributed by atoms with Gasteiger partial charge in [0.2, 0.25) is 0 Å². The quantitative estimate of drug-likeness (QED) is 0.577. The zero-order valence-electron chi connectivity index (χ0n) is 19.7. The molecule has 0 atom stereocenters. The van der Waals surface area contributed by atoms with E-state index in [-0.39, 0.29) is 5.91 Å². The molecule has 1 N–H and O–H groups in total. The topological polar surface area (TPSA) is 79.8 Å². The van der Waals surface area contributed by atoms with E-state index < -0.39 is 0 Å². The summed E-state index contributed by atoms with van der Waals surface area (Å²) in [6, 6.07) is 8.50. The van der Waals surface area contributed by atoms with Gasteiger partial charge in [0.15, 0.2) is 0 Å². The molecule has 2 aliphatic heterocycles. The molecule has 1 aromatic carbocycles. The number of nitrogens with zero attached hydrogens (tertiary/aromatic N) is 4. The fourth-order valence-corrected chi connectivity index (χ4v) is 6.01. The van der Waals surface area contributed by atoms with Crippen LogP contribution >= 0.6 is 11.3 Å². The third-order valence-electron chi connectivity index (χ3n) is 6.83. The summed E-state index contributed by atoms with van der Waals surface area (Å²) in [4.78, 5) is 28.5. The maximum absolute atomic E-state index is 13.5. The number of rotatable bonds is 6. The van der Waals surface area contributed by atoms with Gasteiger partial charge in [-0.25, -0.2) is 9.97 Å². The highest BCUT2D eigenvalue weighted by Crippen LogP contribution is 2.35. The van der Waals surface area contributed by atoms with Gasteiger partial charge in [0.1, 0.15) is 22.7 Å². The van der Waals surface area contributed by atoms with Gasteiger partial charge >= 0.3 is 0 Å². The van der Waals surface area contributed by atoms with Crippen molar-refractivity contribution in [2.24, 2.45) is 0 Å². The maximum atomic E-state index is 13.5. The van der Waals surface area contributed by atoms with E-state index >= 15 is 0 Å². The van der Waals surface area contributed by atoms with Crippen LogP contribution in [-0.4, -0.2) is 78.2 Å². The Morgan fingerprint density at radius 1 is 1.21 bits per heavy atom. The third-order valence-corrected chi connectivity index (χ3v) is 8.02. The summed E-state index contributed by atoms with van der Waals surface area (Å²) in [6.45, 7) is 7.83. The van der Waals surface area contributed by atoms with E-state index in [9.17, 15) is 4.79 Å². The van der Waals surface area contributed by atoms with Crippen LogP contribution in [0.2, 0.25) is 0 Å². The van der Waals surface area contributed by atoms with Crippen LogP contribution in [-0.2, 0) is 11.3 Å². The van der Waals surface area contributed by atoms with E-state index in [0.717, 1.165) is 90.0 Å². The molecule has 0 aliphatic carbocycles. The van der Waals surface area contributed by atoms with Gasteiger partial charge in [0, 0.05) is 38.8 Å². The Bertz CT molecular complexity index is 1150. The number of carbonyl (C=O) groups is 1. The van der Waals surface area contributed by atoms with Crippen LogP contribution in [0, 0.1) is 6.92 Å². The fourth-order valence-electron chi connectivity index (χ4n) is 4.90. The minimum absolute atomic E-state index is 0.111. The standard InChI is InChI=1S/C25H31N5O3S/c1-17-21-23(26-15-18-4-3-5-20(14-18)32-2)27-16-28-24(21)34-22(17)25(31)30-8-6-19(7-9-30)29-10-12-33-13-11-29/h3-5,14,16,19H,6-13,15H2,1-2H3,(H,26,27,28). The lowest BCUT2D eigenvalue weighted by Gasteiger charge is -2.40. The zero-order chi connectivity index (χ0) is 23.5. The van der Waals surface area contributed by atoms with E-state index in [1.54, 1.807) is 13.4 Å². The lowest BCUT2D eigenvalue weighted by atomic mass is 10.0. The number of methoxy groups -OCH3 is 1. The number of aryl methyl sites for hydroxylation is 1. The Labute approximate surface area is 203 Å². The Kier molecular flexibility index (Phi) is 6.94. The van der Waals surface area contributed by atoms with Crippen LogP contribution in [0.15, 0.2) is 30.6 Å². The van der Waals surface area contributed by atoms with Crippen LogP contribution in [0.5, 0.6) is 5.75 Å². The van der Waals surface area contributed by atoms with E-state index in [2.05, 4.69) is 20.2 Å². The number of likely N-dealkylation sites (tertiary alicyclic amines) is 1. The highest BCUT2D eigenvalue weighted by molar-refractivity contribution is 7.20. The molecule has 5 rings (SSSR count). The van der Waals surface area contributed by atoms with Gasteiger partial charge in [-0.05, 0) is 43.0 Å². The molecule has 2 aliphatic rings. The normalized spacial score (nSPS) is 17.8. The molecule has 34 heavy (non-hydrogen) atoms. The summed E-state index contributed by atoms with van der Waals surface area (Å²) in [6.07, 6.45) is 3.60. The summed E-state index contributed by atoms with van der Waals surface area (Å²) in [5.74, 6) is 1.69. The Morgan fingerprint density at radius 3 is 2.76 bits per heavy atom. The van der Waals surface area contributed by atoms with Crippen LogP contribution in [0.4, 0.5) is 5.82 Å². The predicted octanol–water partition coefficient (Wildman–Crippen LogP) is 3.56. The van der Waals surface area contributed by atoms with Crippen LogP contribution < -0.4 is 10.1 Å². The van der Waals surface area contributed by atoms with Gasteiger partial charge in [-0.2, -0.15) is 0 Å². The lowest BCUT2D eigenvalue weighted by molar-refractivity contribution is 0.00163. The number of piperidine rings is 1. The number of carbonyl (C=O) groups excluding carboxylic acids is 1. The minimum Gasteiger partial charge on any atom is -0.497 e. The molecule has 2 fully saturated rings. The molecule has 8 nitrogen and oxygen atoms in total. The average molecular weight is 482 g/mol. The van der Waals surface area contributed by atoms with E-state index in [1.165, 1.54) is 11.3 Å². The number of morpholine rings is 1. The molecule has 0 saturated carbocycles. The van der Waals surface area contributed by atoms with Crippen molar-refractivity contribution in [2.75, 3.05) is 51.8 Å². The van der Waals surface area contributed by atoms with Gasteiger partial charge in [-0.1, -0.05) is 12.1 Å². The molecule has 1 amide bonds. The number of anilines is 1. The lowest BCUT2D eigenvalue weighted by Crippen LogP contribution is -2.50.